The summed E-state index contributed by atoms with van der Waals surface area (Å²) in [5.74, 6) is 0.322. The average Bonchev–Trinajstić information content (AvgIpc) is 1.85. The van der Waals surface area contributed by atoms with Gasteiger partial charge in [0.1, 0.15) is 5.75 Å². The van der Waals surface area contributed by atoms with Crippen molar-refractivity contribution < 1.29 is 5.11 Å². The molecule has 1 aromatic rings. The third-order valence-electron chi connectivity index (χ3n) is 1.76. The van der Waals surface area contributed by atoms with Gasteiger partial charge < -0.3 is 5.11 Å². The molecule has 2 heteroatoms. The molecule has 0 bridgehead atoms. The van der Waals surface area contributed by atoms with Crippen LogP contribution >= 0.6 is 9.90 Å². The smallest absolute Gasteiger partial charge is 0.115 e. The molecular weight excluding hydrogens is 167 g/mol. The average molecular weight is 184 g/mol. The normalized spacial score (nSPS) is 13.0. The van der Waals surface area contributed by atoms with Crippen LogP contribution in [0.1, 0.15) is 25.7 Å². The van der Waals surface area contributed by atoms with Crippen LogP contribution in [0, 0.1) is 0 Å². The molecule has 1 N–H and O–H groups in total. The van der Waals surface area contributed by atoms with E-state index in [2.05, 4.69) is 0 Å². The van der Waals surface area contributed by atoms with Crippen LogP contribution in [0.5, 0.6) is 5.75 Å². The van der Waals surface area contributed by atoms with Crippen molar-refractivity contribution in [2.75, 3.05) is 0 Å². The van der Waals surface area contributed by atoms with E-state index in [1.165, 1.54) is 25.7 Å². The molecule has 1 aliphatic rings. The summed E-state index contributed by atoms with van der Waals surface area (Å²) in [6.45, 7) is 0. The molecule has 1 fully saturated rings. The molecule has 68 valence electrons. The van der Waals surface area contributed by atoms with Crippen LogP contribution in [-0.2, 0) is 0 Å². The topological polar surface area (TPSA) is 20.2 Å². The fraction of sp³-hybridized carbons (Fsp3) is 0.400. The van der Waals surface area contributed by atoms with Crippen molar-refractivity contribution in [3.8, 4) is 5.75 Å². The zero-order valence-electron chi connectivity index (χ0n) is 7.37. The van der Waals surface area contributed by atoms with Crippen LogP contribution in [0.4, 0.5) is 0 Å². The largest absolute Gasteiger partial charge is 0.508 e. The van der Waals surface area contributed by atoms with Gasteiger partial charge in [-0.3, -0.25) is 0 Å². The van der Waals surface area contributed by atoms with Gasteiger partial charge in [-0.05, 0) is 12.1 Å². The SMILES string of the molecule is C1CCC1.Oc1ccccc1.P. The summed E-state index contributed by atoms with van der Waals surface area (Å²) in [5.41, 5.74) is 0. The predicted molar refractivity (Wildman–Crippen MR) is 57.7 cm³/mol. The van der Waals surface area contributed by atoms with Gasteiger partial charge in [0, 0.05) is 0 Å². The van der Waals surface area contributed by atoms with Gasteiger partial charge in [0.2, 0.25) is 0 Å². The van der Waals surface area contributed by atoms with Gasteiger partial charge in [-0.25, -0.2) is 0 Å². The lowest BCUT2D eigenvalue weighted by molar-refractivity contribution is 0.475. The molecule has 12 heavy (non-hydrogen) atoms. The molecule has 1 saturated carbocycles. The van der Waals surface area contributed by atoms with Crippen molar-refractivity contribution >= 4 is 9.90 Å². The third-order valence-corrected chi connectivity index (χ3v) is 1.76. The summed E-state index contributed by atoms with van der Waals surface area (Å²) in [6, 6.07) is 8.71. The predicted octanol–water partition coefficient (Wildman–Crippen LogP) is 3.01. The molecule has 1 aliphatic carbocycles. The second-order valence-electron chi connectivity index (χ2n) is 2.75. The number of phenols is 1. The first-order valence-corrected chi connectivity index (χ1v) is 4.13. The number of rotatable bonds is 0. The summed E-state index contributed by atoms with van der Waals surface area (Å²) >= 11 is 0. The first-order chi connectivity index (χ1) is 5.39. The van der Waals surface area contributed by atoms with E-state index < -0.39 is 0 Å². The van der Waals surface area contributed by atoms with Crippen LogP contribution in [0.2, 0.25) is 0 Å². The maximum absolute atomic E-state index is 8.63. The van der Waals surface area contributed by atoms with Gasteiger partial charge in [-0.15, -0.1) is 0 Å². The van der Waals surface area contributed by atoms with E-state index >= 15 is 0 Å². The minimum atomic E-state index is 0. The standard InChI is InChI=1S/C6H6O.C4H8.H3P/c7-6-4-2-1-3-5-6;1-2-4-3-1;/h1-5,7H;1-4H2;1H3. The van der Waals surface area contributed by atoms with E-state index in [-0.39, 0.29) is 9.90 Å². The van der Waals surface area contributed by atoms with Crippen LogP contribution in [0.25, 0.3) is 0 Å². The Balaban J connectivity index is 0.000000209. The Morgan fingerprint density at radius 1 is 0.833 bits per heavy atom. The quantitative estimate of drug-likeness (QED) is 0.614. The zero-order chi connectivity index (χ0) is 7.94. The van der Waals surface area contributed by atoms with E-state index in [1.54, 1.807) is 24.3 Å². The molecular formula is C10H17OP. The van der Waals surface area contributed by atoms with Gasteiger partial charge in [0.25, 0.3) is 0 Å². The number of benzene rings is 1. The molecule has 0 spiro atoms. The van der Waals surface area contributed by atoms with Gasteiger partial charge in [-0.2, -0.15) is 9.90 Å². The highest BCUT2D eigenvalue weighted by Gasteiger charge is 1.95. The van der Waals surface area contributed by atoms with Crippen molar-refractivity contribution in [2.45, 2.75) is 25.7 Å². The molecule has 1 aromatic carbocycles. The summed E-state index contributed by atoms with van der Waals surface area (Å²) in [5, 5.41) is 8.63. The Morgan fingerprint density at radius 2 is 1.25 bits per heavy atom. The maximum Gasteiger partial charge on any atom is 0.115 e. The minimum absolute atomic E-state index is 0. The molecule has 0 amide bonds. The Labute approximate surface area is 77.4 Å². The molecule has 0 heterocycles. The second kappa shape index (κ2) is 7.12. The van der Waals surface area contributed by atoms with Crippen molar-refractivity contribution in [3.63, 3.8) is 0 Å². The summed E-state index contributed by atoms with van der Waals surface area (Å²) in [6.07, 6.45) is 6.00. The van der Waals surface area contributed by atoms with Gasteiger partial charge in [0.15, 0.2) is 0 Å². The molecule has 2 rings (SSSR count). The highest BCUT2D eigenvalue weighted by atomic mass is 31.0. The highest BCUT2D eigenvalue weighted by molar-refractivity contribution is 6.92. The number of hydrogen-bond acceptors (Lipinski definition) is 1. The van der Waals surface area contributed by atoms with Crippen LogP contribution in [-0.4, -0.2) is 5.11 Å². The zero-order valence-corrected chi connectivity index (χ0v) is 8.78. The summed E-state index contributed by atoms with van der Waals surface area (Å²) < 4.78 is 0. The number of hydrogen-bond donors (Lipinski definition) is 1. The maximum atomic E-state index is 8.63. The lowest BCUT2D eigenvalue weighted by Gasteiger charge is -2.05. The van der Waals surface area contributed by atoms with Gasteiger partial charge in [-0.1, -0.05) is 43.9 Å². The Morgan fingerprint density at radius 3 is 1.42 bits per heavy atom. The van der Waals surface area contributed by atoms with Crippen molar-refractivity contribution in [1.82, 2.24) is 0 Å². The molecule has 0 aromatic heterocycles. The molecule has 1 unspecified atom stereocenters. The first-order valence-electron chi connectivity index (χ1n) is 4.13. The van der Waals surface area contributed by atoms with Crippen LogP contribution in [0.3, 0.4) is 0 Å². The molecule has 1 atom stereocenters. The van der Waals surface area contributed by atoms with Crippen LogP contribution < -0.4 is 0 Å². The third kappa shape index (κ3) is 5.15. The molecule has 1 nitrogen and oxygen atoms in total. The highest BCUT2D eigenvalue weighted by Crippen LogP contribution is 2.15. The monoisotopic (exact) mass is 184 g/mol. The lowest BCUT2D eigenvalue weighted by atomic mass is 10.0. The van der Waals surface area contributed by atoms with Crippen molar-refractivity contribution in [3.05, 3.63) is 30.3 Å². The van der Waals surface area contributed by atoms with Gasteiger partial charge in [0.05, 0.1) is 0 Å². The fourth-order valence-corrected chi connectivity index (χ4v) is 0.678. The van der Waals surface area contributed by atoms with E-state index in [1.807, 2.05) is 6.07 Å². The number of para-hydroxylation sites is 1. The molecule has 0 aliphatic heterocycles. The Hall–Kier alpha value is -0.550. The van der Waals surface area contributed by atoms with E-state index in [0.29, 0.717) is 5.75 Å². The van der Waals surface area contributed by atoms with E-state index in [0.717, 1.165) is 0 Å². The van der Waals surface area contributed by atoms with E-state index in [9.17, 15) is 0 Å². The van der Waals surface area contributed by atoms with Crippen LogP contribution in [0.15, 0.2) is 30.3 Å². The van der Waals surface area contributed by atoms with Crippen molar-refractivity contribution in [1.29, 1.82) is 0 Å². The van der Waals surface area contributed by atoms with E-state index in [4.69, 9.17) is 5.11 Å². The summed E-state index contributed by atoms with van der Waals surface area (Å²) in [7, 11) is 0. The number of phenolic OH excluding ortho intramolecular Hbond substituents is 1. The molecule has 0 radical (unpaired) electrons. The Kier molecular flexibility index (Phi) is 6.79. The fourth-order valence-electron chi connectivity index (χ4n) is 0.678. The first kappa shape index (κ1) is 11.4. The Bertz CT molecular complexity index is 178. The number of aromatic hydroxyl groups is 1. The summed E-state index contributed by atoms with van der Waals surface area (Å²) in [4.78, 5) is 0. The minimum Gasteiger partial charge on any atom is -0.508 e. The van der Waals surface area contributed by atoms with Gasteiger partial charge >= 0.3 is 0 Å². The van der Waals surface area contributed by atoms with Crippen molar-refractivity contribution in [2.24, 2.45) is 0 Å². The second-order valence-corrected chi connectivity index (χ2v) is 2.75. The molecule has 0 saturated heterocycles. The lowest BCUT2D eigenvalue weighted by Crippen LogP contribution is -1.85.